The fraction of sp³-hybridized carbons (Fsp3) is 0.400. The molecule has 0 spiro atoms. The second-order valence-electron chi connectivity index (χ2n) is 9.33. The highest BCUT2D eigenvalue weighted by Gasteiger charge is 2.31. The van der Waals surface area contributed by atoms with Crippen LogP contribution in [0.5, 0.6) is 5.75 Å². The molecule has 13 N–H and O–H groups in total. The number of hydrogen-bond acceptors (Lipinski definition) is 9. The molecule has 0 bridgehead atoms. The van der Waals surface area contributed by atoms with Gasteiger partial charge in [-0.25, -0.2) is 9.78 Å². The summed E-state index contributed by atoms with van der Waals surface area (Å²) in [6.07, 6.45) is 2.05. The molecule has 0 radical (unpaired) electrons. The van der Waals surface area contributed by atoms with Crippen LogP contribution in [0.1, 0.15) is 30.5 Å². The molecule has 1 aromatic carbocycles. The quantitative estimate of drug-likeness (QED) is 0.0512. The van der Waals surface area contributed by atoms with E-state index in [2.05, 4.69) is 30.9 Å². The molecule has 2 aromatic rings. The van der Waals surface area contributed by atoms with Gasteiger partial charge in [0.05, 0.1) is 18.8 Å². The molecule has 42 heavy (non-hydrogen) atoms. The fourth-order valence-corrected chi connectivity index (χ4v) is 3.77. The summed E-state index contributed by atoms with van der Waals surface area (Å²) >= 11 is 0. The molecule has 4 unspecified atom stereocenters. The van der Waals surface area contributed by atoms with Crippen molar-refractivity contribution in [1.29, 1.82) is 0 Å². The molecule has 17 heteroatoms. The van der Waals surface area contributed by atoms with E-state index in [9.17, 15) is 39.3 Å². The van der Waals surface area contributed by atoms with Crippen LogP contribution < -0.4 is 33.2 Å². The largest absolute Gasteiger partial charge is 0.508 e. The van der Waals surface area contributed by atoms with Crippen molar-refractivity contribution < 1.29 is 39.3 Å². The topological polar surface area (TPSA) is 301 Å². The third-order valence-corrected chi connectivity index (χ3v) is 5.91. The Morgan fingerprint density at radius 3 is 2.10 bits per heavy atom. The number of aliphatic carboxylic acids is 2. The van der Waals surface area contributed by atoms with E-state index in [1.165, 1.54) is 36.8 Å². The monoisotopic (exact) mass is 589 g/mol. The molecule has 0 aliphatic carbocycles. The van der Waals surface area contributed by atoms with Crippen molar-refractivity contribution in [2.45, 2.75) is 56.3 Å². The predicted octanol–water partition coefficient (Wildman–Crippen LogP) is -2.70. The Kier molecular flexibility index (Phi) is 12.7. The number of H-pyrrole nitrogens is 1. The van der Waals surface area contributed by atoms with Crippen molar-refractivity contribution in [3.8, 4) is 5.75 Å². The highest BCUT2D eigenvalue weighted by Crippen LogP contribution is 2.12. The minimum absolute atomic E-state index is 0.0267. The normalized spacial score (nSPS) is 13.5. The minimum Gasteiger partial charge on any atom is -0.508 e. The average molecular weight is 590 g/mol. The number of nitrogens with zero attached hydrogens (tertiary/aromatic N) is 2. The molecule has 0 saturated heterocycles. The summed E-state index contributed by atoms with van der Waals surface area (Å²) in [5.41, 5.74) is 17.4. The summed E-state index contributed by atoms with van der Waals surface area (Å²) in [5.74, 6) is -5.70. The zero-order chi connectivity index (χ0) is 31.2. The van der Waals surface area contributed by atoms with Crippen molar-refractivity contribution >= 4 is 35.6 Å². The number of carbonyl (C=O) groups is 5. The van der Waals surface area contributed by atoms with Gasteiger partial charge in [-0.1, -0.05) is 12.1 Å². The summed E-state index contributed by atoms with van der Waals surface area (Å²) < 4.78 is 0. The molecule has 3 amide bonds. The van der Waals surface area contributed by atoms with E-state index >= 15 is 0 Å². The number of phenolic OH excluding ortho intramolecular Hbond substituents is 1. The second kappa shape index (κ2) is 16.2. The molecule has 2 rings (SSSR count). The first-order valence-electron chi connectivity index (χ1n) is 12.8. The van der Waals surface area contributed by atoms with E-state index in [4.69, 9.17) is 17.2 Å². The highest BCUT2D eigenvalue weighted by molar-refractivity contribution is 5.95. The number of benzene rings is 1. The molecule has 228 valence electrons. The van der Waals surface area contributed by atoms with Gasteiger partial charge in [0.2, 0.25) is 17.7 Å². The lowest BCUT2D eigenvalue weighted by Gasteiger charge is -2.25. The van der Waals surface area contributed by atoms with E-state index < -0.39 is 60.2 Å². The van der Waals surface area contributed by atoms with Gasteiger partial charge in [-0.3, -0.25) is 24.2 Å². The lowest BCUT2D eigenvalue weighted by Crippen LogP contribution is -2.58. The Balaban J connectivity index is 2.21. The summed E-state index contributed by atoms with van der Waals surface area (Å²) in [4.78, 5) is 72.7. The molecule has 0 saturated carbocycles. The zero-order valence-electron chi connectivity index (χ0n) is 22.5. The van der Waals surface area contributed by atoms with Gasteiger partial charge in [-0.2, -0.15) is 0 Å². The predicted molar refractivity (Wildman–Crippen MR) is 148 cm³/mol. The van der Waals surface area contributed by atoms with Crippen LogP contribution in [-0.4, -0.2) is 91.6 Å². The number of phenols is 1. The lowest BCUT2D eigenvalue weighted by atomic mass is 10.0. The number of amides is 3. The first-order valence-corrected chi connectivity index (χ1v) is 12.8. The number of aliphatic imine (C=N–C) groups is 1. The van der Waals surface area contributed by atoms with E-state index in [0.717, 1.165) is 0 Å². The number of carboxylic acids is 2. The summed E-state index contributed by atoms with van der Waals surface area (Å²) in [6, 6.07) is 0.144. The molecule has 1 heterocycles. The number of carbonyl (C=O) groups excluding carboxylic acids is 3. The number of aromatic nitrogens is 2. The molecule has 0 aliphatic rings. The van der Waals surface area contributed by atoms with Crippen molar-refractivity contribution in [3.63, 3.8) is 0 Å². The first-order chi connectivity index (χ1) is 19.8. The maximum absolute atomic E-state index is 13.2. The van der Waals surface area contributed by atoms with Gasteiger partial charge in [0.1, 0.15) is 23.9 Å². The standard InChI is InChI=1S/C25H35N9O8/c26-16(9-14-11-29-12-31-14)21(38)33-19(10-20(36)37)23(40)34-18(8-13-3-5-15(35)6-4-13)22(39)32-17(24(41)42)2-1-7-30-25(27)28/h3-6,11-12,16-19,35H,1-2,7-10,26H2,(H,29,31)(H,32,39)(H,33,38)(H,34,40)(H,36,37)(H,41,42)(H4,27,28,30). The van der Waals surface area contributed by atoms with Gasteiger partial charge < -0.3 is 53.5 Å². The Morgan fingerprint density at radius 1 is 0.905 bits per heavy atom. The Hall–Kier alpha value is -5.19. The van der Waals surface area contributed by atoms with Gasteiger partial charge in [0.25, 0.3) is 0 Å². The van der Waals surface area contributed by atoms with Crippen LogP contribution in [0.4, 0.5) is 0 Å². The second-order valence-corrected chi connectivity index (χ2v) is 9.33. The molecule has 0 fully saturated rings. The molecule has 1 aromatic heterocycles. The maximum Gasteiger partial charge on any atom is 0.326 e. The Morgan fingerprint density at radius 2 is 1.52 bits per heavy atom. The fourth-order valence-electron chi connectivity index (χ4n) is 3.77. The molecule has 4 atom stereocenters. The maximum atomic E-state index is 13.2. The van der Waals surface area contributed by atoms with Gasteiger partial charge >= 0.3 is 11.9 Å². The van der Waals surface area contributed by atoms with Crippen LogP contribution in [0, 0.1) is 0 Å². The number of aromatic hydroxyl groups is 1. The third kappa shape index (κ3) is 11.5. The Bertz CT molecular complexity index is 1250. The lowest BCUT2D eigenvalue weighted by molar-refractivity contribution is -0.143. The summed E-state index contributed by atoms with van der Waals surface area (Å²) in [7, 11) is 0. The first kappa shape index (κ1) is 33.0. The van der Waals surface area contributed by atoms with E-state index in [1.807, 2.05) is 0 Å². The van der Waals surface area contributed by atoms with Crippen molar-refractivity contribution in [2.75, 3.05) is 6.54 Å². The molecular weight excluding hydrogens is 554 g/mol. The smallest absolute Gasteiger partial charge is 0.326 e. The number of nitrogens with one attached hydrogen (secondary N) is 4. The summed E-state index contributed by atoms with van der Waals surface area (Å²) in [5, 5.41) is 35.6. The van der Waals surface area contributed by atoms with E-state index in [0.29, 0.717) is 11.3 Å². The average Bonchev–Trinajstić information content (AvgIpc) is 3.43. The van der Waals surface area contributed by atoms with Gasteiger partial charge in [-0.05, 0) is 30.5 Å². The van der Waals surface area contributed by atoms with Crippen molar-refractivity contribution in [3.05, 3.63) is 48.0 Å². The van der Waals surface area contributed by atoms with Crippen LogP contribution in [-0.2, 0) is 36.8 Å². The number of aromatic amines is 1. The number of nitrogens with two attached hydrogens (primary N) is 3. The van der Waals surface area contributed by atoms with Crippen LogP contribution in [0.3, 0.4) is 0 Å². The molecule has 17 nitrogen and oxygen atoms in total. The Labute approximate surface area is 240 Å². The van der Waals surface area contributed by atoms with Gasteiger partial charge in [-0.15, -0.1) is 0 Å². The van der Waals surface area contributed by atoms with Crippen LogP contribution >= 0.6 is 0 Å². The van der Waals surface area contributed by atoms with Gasteiger partial charge in [0, 0.05) is 31.3 Å². The highest BCUT2D eigenvalue weighted by atomic mass is 16.4. The summed E-state index contributed by atoms with van der Waals surface area (Å²) in [6.45, 7) is 0.120. The number of imidazole rings is 1. The van der Waals surface area contributed by atoms with Crippen LogP contribution in [0.2, 0.25) is 0 Å². The molecular formula is C25H35N9O8. The third-order valence-electron chi connectivity index (χ3n) is 5.91. The van der Waals surface area contributed by atoms with Crippen LogP contribution in [0.15, 0.2) is 41.8 Å². The minimum atomic E-state index is -1.62. The molecule has 0 aliphatic heterocycles. The number of guanidine groups is 1. The van der Waals surface area contributed by atoms with Crippen molar-refractivity contribution in [1.82, 2.24) is 25.9 Å². The van der Waals surface area contributed by atoms with Crippen LogP contribution in [0.25, 0.3) is 0 Å². The number of carboxylic acid groups (broad SMARTS) is 2. The zero-order valence-corrected chi connectivity index (χ0v) is 22.5. The van der Waals surface area contributed by atoms with E-state index in [-0.39, 0.29) is 43.9 Å². The van der Waals surface area contributed by atoms with Gasteiger partial charge in [0.15, 0.2) is 5.96 Å². The SMILES string of the molecule is NC(N)=NCCCC(NC(=O)C(Cc1ccc(O)cc1)NC(=O)C(CC(=O)O)NC(=O)C(N)Cc1cnc[nH]1)C(=O)O. The number of hydrogen-bond donors (Lipinski definition) is 10. The van der Waals surface area contributed by atoms with Crippen molar-refractivity contribution in [2.24, 2.45) is 22.2 Å². The van der Waals surface area contributed by atoms with E-state index in [1.54, 1.807) is 0 Å². The number of rotatable bonds is 17.